The summed E-state index contributed by atoms with van der Waals surface area (Å²) in [5, 5.41) is 3.99. The molecular weight excluding hydrogens is 526 g/mol. The summed E-state index contributed by atoms with van der Waals surface area (Å²) in [6, 6.07) is 20.2. The first-order chi connectivity index (χ1) is 19.8. The van der Waals surface area contributed by atoms with Crippen molar-refractivity contribution in [2.75, 3.05) is 13.7 Å². The number of benzene rings is 2. The van der Waals surface area contributed by atoms with E-state index >= 15 is 0 Å². The summed E-state index contributed by atoms with van der Waals surface area (Å²) in [4.78, 5) is 24.3. The van der Waals surface area contributed by atoms with Gasteiger partial charge in [-0.2, -0.15) is 5.10 Å². The van der Waals surface area contributed by atoms with E-state index in [0.29, 0.717) is 28.6 Å². The molecule has 0 radical (unpaired) electrons. The van der Waals surface area contributed by atoms with Gasteiger partial charge in [0, 0.05) is 17.1 Å². The van der Waals surface area contributed by atoms with Crippen LogP contribution in [0, 0.1) is 13.8 Å². The molecule has 0 aliphatic rings. The molecule has 2 heterocycles. The van der Waals surface area contributed by atoms with Crippen LogP contribution in [0.3, 0.4) is 0 Å². The molecule has 10 heteroatoms. The van der Waals surface area contributed by atoms with Gasteiger partial charge in [-0.05, 0) is 100.0 Å². The van der Waals surface area contributed by atoms with Crippen molar-refractivity contribution in [3.63, 3.8) is 0 Å². The number of nitrogens with zero attached hydrogens (tertiary/aromatic N) is 2. The van der Waals surface area contributed by atoms with Crippen LogP contribution in [0.15, 0.2) is 76.2 Å². The second-order valence-corrected chi connectivity index (χ2v) is 9.12. The lowest BCUT2D eigenvalue weighted by molar-refractivity contribution is -0.150. The zero-order chi connectivity index (χ0) is 29.4. The number of nitrogens with one attached hydrogen (secondary N) is 1. The molecule has 1 N–H and O–H groups in total. The number of esters is 1. The van der Waals surface area contributed by atoms with Gasteiger partial charge in [0.2, 0.25) is 0 Å². The maximum absolute atomic E-state index is 12.5. The van der Waals surface area contributed by atoms with E-state index in [-0.39, 0.29) is 19.0 Å². The highest BCUT2D eigenvalue weighted by molar-refractivity contribution is 5.92. The van der Waals surface area contributed by atoms with Gasteiger partial charge in [-0.25, -0.2) is 10.2 Å². The van der Waals surface area contributed by atoms with Crippen LogP contribution >= 0.6 is 0 Å². The highest BCUT2D eigenvalue weighted by Crippen LogP contribution is 2.29. The number of hydrogen-bond acceptors (Lipinski definition) is 8. The van der Waals surface area contributed by atoms with Gasteiger partial charge in [-0.3, -0.25) is 4.79 Å². The van der Waals surface area contributed by atoms with Crippen LogP contribution in [-0.4, -0.2) is 42.5 Å². The van der Waals surface area contributed by atoms with Gasteiger partial charge in [0.15, 0.2) is 23.4 Å². The lowest BCUT2D eigenvalue weighted by Gasteiger charge is -2.16. The molecule has 0 bridgehead atoms. The number of hydrazone groups is 1. The number of ether oxygens (including phenoxy) is 4. The Morgan fingerprint density at radius 2 is 1.73 bits per heavy atom. The Balaban J connectivity index is 1.29. The van der Waals surface area contributed by atoms with Crippen LogP contribution in [-0.2, 0) is 16.1 Å². The maximum atomic E-state index is 12.5. The first kappa shape index (κ1) is 29.0. The molecule has 0 aliphatic carbocycles. The molecule has 1 amide bonds. The summed E-state index contributed by atoms with van der Waals surface area (Å²) >= 11 is 0. The van der Waals surface area contributed by atoms with Gasteiger partial charge in [-0.1, -0.05) is 0 Å². The minimum Gasteiger partial charge on any atom is -0.493 e. The normalized spacial score (nSPS) is 11.7. The van der Waals surface area contributed by atoms with E-state index in [0.717, 1.165) is 17.1 Å². The number of methoxy groups -OCH3 is 1. The van der Waals surface area contributed by atoms with E-state index in [1.807, 2.05) is 24.3 Å². The molecule has 214 valence electrons. The first-order valence-corrected chi connectivity index (χ1v) is 13.1. The second-order valence-electron chi connectivity index (χ2n) is 9.12. The molecule has 4 aromatic rings. The van der Waals surface area contributed by atoms with E-state index in [2.05, 4.69) is 41.1 Å². The highest BCUT2D eigenvalue weighted by Gasteiger charge is 2.18. The minimum absolute atomic E-state index is 0.101. The molecule has 1 atom stereocenters. The fourth-order valence-electron chi connectivity index (χ4n) is 4.08. The summed E-state index contributed by atoms with van der Waals surface area (Å²) in [7, 11) is 1.48. The molecule has 0 aliphatic heterocycles. The minimum atomic E-state index is -0.796. The van der Waals surface area contributed by atoms with Crippen LogP contribution in [0.5, 0.6) is 17.2 Å². The van der Waals surface area contributed by atoms with E-state index in [1.54, 1.807) is 44.2 Å². The van der Waals surface area contributed by atoms with Gasteiger partial charge in [0.05, 0.1) is 19.9 Å². The number of carbonyl (C=O) groups excluding carboxylic acids is 2. The average molecular weight is 560 g/mol. The monoisotopic (exact) mass is 559 g/mol. The van der Waals surface area contributed by atoms with Crippen molar-refractivity contribution in [1.82, 2.24) is 9.99 Å². The van der Waals surface area contributed by atoms with Crippen LogP contribution in [0.4, 0.5) is 0 Å². The number of amides is 1. The number of aryl methyl sites for hydroxylation is 2. The van der Waals surface area contributed by atoms with Gasteiger partial charge < -0.3 is 27.9 Å². The van der Waals surface area contributed by atoms with E-state index < -0.39 is 18.0 Å². The summed E-state index contributed by atoms with van der Waals surface area (Å²) < 4.78 is 29.6. The second kappa shape index (κ2) is 13.4. The third-order valence-electron chi connectivity index (χ3n) is 6.12. The molecule has 0 unspecified atom stereocenters. The third-order valence-corrected chi connectivity index (χ3v) is 6.12. The topological polar surface area (TPSA) is 114 Å². The van der Waals surface area contributed by atoms with Crippen LogP contribution in [0.1, 0.15) is 47.1 Å². The Labute approximate surface area is 238 Å². The van der Waals surface area contributed by atoms with Gasteiger partial charge in [-0.15, -0.1) is 0 Å². The number of rotatable bonds is 12. The molecule has 2 aromatic heterocycles. The van der Waals surface area contributed by atoms with Crippen molar-refractivity contribution in [1.29, 1.82) is 0 Å². The summed E-state index contributed by atoms with van der Waals surface area (Å²) in [6.45, 7) is 7.88. The Morgan fingerprint density at radius 3 is 2.41 bits per heavy atom. The molecule has 2 aromatic carbocycles. The smallest absolute Gasteiger partial charge is 0.347 e. The van der Waals surface area contributed by atoms with Gasteiger partial charge >= 0.3 is 11.9 Å². The maximum Gasteiger partial charge on any atom is 0.347 e. The molecule has 0 saturated carbocycles. The third kappa shape index (κ3) is 7.36. The quantitative estimate of drug-likeness (QED) is 0.141. The molecule has 4 rings (SSSR count). The molecule has 0 fully saturated rings. The molecule has 10 nitrogen and oxygen atoms in total. The summed E-state index contributed by atoms with van der Waals surface area (Å²) in [5.41, 5.74) is 6.45. The standard InChI is InChI=1S/C31H33N3O7/c1-6-38-31(36)22(4)40-27-15-9-23(17-29(27)37-5)18-32-33-30(35)28-16-14-26(41-28)19-39-25-12-10-24(11-13-25)34-20(2)7-8-21(34)3/h7-18,22H,6,19H2,1-5H3,(H,33,35)/b32-18+/t22-/m0/s1. The van der Waals surface area contributed by atoms with Crippen LogP contribution in [0.25, 0.3) is 5.69 Å². The van der Waals surface area contributed by atoms with Crippen molar-refractivity contribution in [2.45, 2.75) is 40.4 Å². The number of hydrogen-bond donors (Lipinski definition) is 1. The largest absolute Gasteiger partial charge is 0.493 e. The number of aromatic nitrogens is 1. The lowest BCUT2D eigenvalue weighted by atomic mass is 10.2. The Bertz CT molecular complexity index is 1500. The van der Waals surface area contributed by atoms with Crippen molar-refractivity contribution < 1.29 is 33.0 Å². The van der Waals surface area contributed by atoms with Crippen LogP contribution in [0.2, 0.25) is 0 Å². The predicted molar refractivity (Wildman–Crippen MR) is 153 cm³/mol. The Morgan fingerprint density at radius 1 is 1.00 bits per heavy atom. The number of carbonyl (C=O) groups is 2. The van der Waals surface area contributed by atoms with Crippen molar-refractivity contribution in [3.8, 4) is 22.9 Å². The molecule has 0 spiro atoms. The molecule has 0 saturated heterocycles. The van der Waals surface area contributed by atoms with Crippen molar-refractivity contribution in [3.05, 3.63) is 95.2 Å². The molecular formula is C31H33N3O7. The van der Waals surface area contributed by atoms with Crippen LogP contribution < -0.4 is 19.6 Å². The first-order valence-electron chi connectivity index (χ1n) is 13.1. The van der Waals surface area contributed by atoms with E-state index in [4.69, 9.17) is 23.4 Å². The summed E-state index contributed by atoms with van der Waals surface area (Å²) in [5.74, 6) is 1.08. The Kier molecular flexibility index (Phi) is 9.47. The van der Waals surface area contributed by atoms with Crippen molar-refractivity contribution in [2.24, 2.45) is 5.10 Å². The zero-order valence-electron chi connectivity index (χ0n) is 23.7. The summed E-state index contributed by atoms with van der Waals surface area (Å²) in [6.07, 6.45) is 0.655. The Hall–Kier alpha value is -4.99. The average Bonchev–Trinajstić information content (AvgIpc) is 3.59. The van der Waals surface area contributed by atoms with Gasteiger partial charge in [0.1, 0.15) is 18.1 Å². The van der Waals surface area contributed by atoms with Gasteiger partial charge in [0.25, 0.3) is 0 Å². The fraction of sp³-hybridized carbons (Fsp3) is 0.258. The SMILES string of the molecule is CCOC(=O)[C@H](C)Oc1ccc(/C=N/NC(=O)c2ccc(COc3ccc(-n4c(C)ccc4C)cc3)o2)cc1OC. The predicted octanol–water partition coefficient (Wildman–Crippen LogP) is 5.37. The number of furan rings is 1. The zero-order valence-corrected chi connectivity index (χ0v) is 23.7. The van der Waals surface area contributed by atoms with E-state index in [1.165, 1.54) is 13.3 Å². The molecule has 41 heavy (non-hydrogen) atoms. The van der Waals surface area contributed by atoms with Crippen molar-refractivity contribution >= 4 is 18.1 Å². The highest BCUT2D eigenvalue weighted by atomic mass is 16.6. The fourth-order valence-corrected chi connectivity index (χ4v) is 4.08. The van der Waals surface area contributed by atoms with E-state index in [9.17, 15) is 9.59 Å². The lowest BCUT2D eigenvalue weighted by Crippen LogP contribution is -2.26.